The van der Waals surface area contributed by atoms with Gasteiger partial charge in [0.25, 0.3) is 0 Å². The Balaban J connectivity index is 2.27. The van der Waals surface area contributed by atoms with E-state index in [0.717, 1.165) is 6.61 Å². The fraction of sp³-hybridized carbons (Fsp3) is 1.00. The van der Waals surface area contributed by atoms with Crippen LogP contribution in [0.15, 0.2) is 0 Å². The second kappa shape index (κ2) is 4.43. The van der Waals surface area contributed by atoms with Crippen molar-refractivity contribution in [1.29, 1.82) is 0 Å². The fourth-order valence-corrected chi connectivity index (χ4v) is 1.70. The molecule has 2 nitrogen and oxygen atoms in total. The summed E-state index contributed by atoms with van der Waals surface area (Å²) in [5.74, 6) is 0. The minimum atomic E-state index is 0.0122. The summed E-state index contributed by atoms with van der Waals surface area (Å²) in [4.78, 5) is 2.43. The van der Waals surface area contributed by atoms with E-state index in [9.17, 15) is 0 Å². The van der Waals surface area contributed by atoms with Gasteiger partial charge in [-0.25, -0.2) is 0 Å². The number of nitrogens with zero attached hydrogens (tertiary/aromatic N) is 1. The van der Waals surface area contributed by atoms with Crippen molar-refractivity contribution in [2.75, 3.05) is 20.2 Å². The van der Waals surface area contributed by atoms with Crippen LogP contribution < -0.4 is 0 Å². The van der Waals surface area contributed by atoms with Gasteiger partial charge in [-0.3, -0.25) is 0 Å². The minimum absolute atomic E-state index is 0.0122. The van der Waals surface area contributed by atoms with Gasteiger partial charge < -0.3 is 9.64 Å². The molecule has 0 spiro atoms. The van der Waals surface area contributed by atoms with Crippen LogP contribution in [0.4, 0.5) is 0 Å². The highest BCUT2D eigenvalue weighted by molar-refractivity contribution is 4.74. The molecule has 1 fully saturated rings. The van der Waals surface area contributed by atoms with Crippen molar-refractivity contribution < 1.29 is 4.74 Å². The normalized spacial score (nSPS) is 26.3. The Hall–Kier alpha value is -0.0800. The largest absolute Gasteiger partial charge is 0.374 e. The lowest BCUT2D eigenvalue weighted by Gasteiger charge is -2.34. The molecule has 13 heavy (non-hydrogen) atoms. The third-order valence-corrected chi connectivity index (χ3v) is 2.63. The second-order valence-corrected chi connectivity index (χ2v) is 5.05. The van der Waals surface area contributed by atoms with E-state index < -0.39 is 0 Å². The standard InChI is InChI=1S/C11H23NO/c1-11(2,3)13-9-10-7-5-6-8-12(10)4/h10H,5-9H2,1-4H3/t10-/m1/s1. The van der Waals surface area contributed by atoms with Crippen molar-refractivity contribution in [2.45, 2.75) is 51.7 Å². The molecule has 1 saturated heterocycles. The van der Waals surface area contributed by atoms with Crippen molar-refractivity contribution in [3.05, 3.63) is 0 Å². The van der Waals surface area contributed by atoms with E-state index in [4.69, 9.17) is 4.74 Å². The number of piperidine rings is 1. The summed E-state index contributed by atoms with van der Waals surface area (Å²) in [5, 5.41) is 0. The summed E-state index contributed by atoms with van der Waals surface area (Å²) in [7, 11) is 2.20. The van der Waals surface area contributed by atoms with E-state index in [1.807, 2.05) is 0 Å². The fourth-order valence-electron chi connectivity index (χ4n) is 1.70. The highest BCUT2D eigenvalue weighted by Gasteiger charge is 2.21. The Morgan fingerprint density at radius 3 is 2.54 bits per heavy atom. The Bertz CT molecular complexity index is 151. The number of ether oxygens (including phenoxy) is 1. The maximum Gasteiger partial charge on any atom is 0.0628 e. The smallest absolute Gasteiger partial charge is 0.0628 e. The first-order chi connectivity index (χ1) is 5.99. The van der Waals surface area contributed by atoms with Gasteiger partial charge in [0.05, 0.1) is 12.2 Å². The van der Waals surface area contributed by atoms with Gasteiger partial charge in [-0.15, -0.1) is 0 Å². The summed E-state index contributed by atoms with van der Waals surface area (Å²) in [6, 6.07) is 0.646. The second-order valence-electron chi connectivity index (χ2n) is 5.05. The maximum atomic E-state index is 5.80. The number of hydrogen-bond acceptors (Lipinski definition) is 2. The van der Waals surface area contributed by atoms with Gasteiger partial charge in [0, 0.05) is 6.04 Å². The summed E-state index contributed by atoms with van der Waals surface area (Å²) in [6.07, 6.45) is 4.01. The van der Waals surface area contributed by atoms with Gasteiger partial charge in [0.15, 0.2) is 0 Å². The van der Waals surface area contributed by atoms with E-state index in [-0.39, 0.29) is 5.60 Å². The van der Waals surface area contributed by atoms with Crippen LogP contribution in [0.3, 0.4) is 0 Å². The van der Waals surface area contributed by atoms with E-state index in [2.05, 4.69) is 32.7 Å². The average Bonchev–Trinajstić information content (AvgIpc) is 2.01. The number of rotatable bonds is 2. The van der Waals surface area contributed by atoms with E-state index >= 15 is 0 Å². The molecule has 1 aliphatic rings. The molecule has 1 heterocycles. The van der Waals surface area contributed by atoms with Gasteiger partial charge in [0.1, 0.15) is 0 Å². The first kappa shape index (κ1) is 11.0. The van der Waals surface area contributed by atoms with Crippen LogP contribution in [0.5, 0.6) is 0 Å². The van der Waals surface area contributed by atoms with Crippen LogP contribution in [0.25, 0.3) is 0 Å². The van der Waals surface area contributed by atoms with Gasteiger partial charge >= 0.3 is 0 Å². The Morgan fingerprint density at radius 1 is 1.31 bits per heavy atom. The number of likely N-dealkylation sites (N-methyl/N-ethyl adjacent to an activating group) is 1. The van der Waals surface area contributed by atoms with E-state index in [1.165, 1.54) is 25.8 Å². The summed E-state index contributed by atoms with van der Waals surface area (Å²) in [6.45, 7) is 8.49. The quantitative estimate of drug-likeness (QED) is 0.654. The van der Waals surface area contributed by atoms with Crippen molar-refractivity contribution in [3.8, 4) is 0 Å². The van der Waals surface area contributed by atoms with Crippen molar-refractivity contribution >= 4 is 0 Å². The molecule has 0 saturated carbocycles. The third kappa shape index (κ3) is 4.10. The summed E-state index contributed by atoms with van der Waals surface area (Å²) in [5.41, 5.74) is 0.0122. The molecule has 1 aliphatic heterocycles. The molecule has 0 aromatic rings. The first-order valence-corrected chi connectivity index (χ1v) is 5.33. The lowest BCUT2D eigenvalue weighted by atomic mass is 10.0. The lowest BCUT2D eigenvalue weighted by molar-refractivity contribution is -0.0379. The summed E-state index contributed by atoms with van der Waals surface area (Å²) >= 11 is 0. The SMILES string of the molecule is CN1CCCC[C@@H]1COC(C)(C)C. The van der Waals surface area contributed by atoms with Gasteiger partial charge in [-0.2, -0.15) is 0 Å². The molecule has 0 amide bonds. The topological polar surface area (TPSA) is 12.5 Å². The predicted octanol–water partition coefficient (Wildman–Crippen LogP) is 2.29. The van der Waals surface area contributed by atoms with Crippen LogP contribution >= 0.6 is 0 Å². The molecular weight excluding hydrogens is 162 g/mol. The van der Waals surface area contributed by atoms with Crippen molar-refractivity contribution in [2.24, 2.45) is 0 Å². The van der Waals surface area contributed by atoms with Crippen LogP contribution in [0.2, 0.25) is 0 Å². The molecule has 78 valence electrons. The molecule has 2 heteroatoms. The highest BCUT2D eigenvalue weighted by atomic mass is 16.5. The average molecular weight is 185 g/mol. The lowest BCUT2D eigenvalue weighted by Crippen LogP contribution is -2.41. The van der Waals surface area contributed by atoms with Crippen LogP contribution in [-0.4, -0.2) is 36.7 Å². The molecule has 0 unspecified atom stereocenters. The van der Waals surface area contributed by atoms with Gasteiger partial charge in [-0.1, -0.05) is 6.42 Å². The molecule has 0 N–H and O–H groups in total. The third-order valence-electron chi connectivity index (χ3n) is 2.63. The monoisotopic (exact) mass is 185 g/mol. The summed E-state index contributed by atoms with van der Waals surface area (Å²) < 4.78 is 5.80. The number of hydrogen-bond donors (Lipinski definition) is 0. The molecule has 0 bridgehead atoms. The Morgan fingerprint density at radius 2 is 2.00 bits per heavy atom. The van der Waals surface area contributed by atoms with Crippen LogP contribution in [0.1, 0.15) is 40.0 Å². The minimum Gasteiger partial charge on any atom is -0.374 e. The zero-order valence-electron chi connectivity index (χ0n) is 9.47. The molecule has 0 aromatic carbocycles. The Kier molecular flexibility index (Phi) is 3.74. The van der Waals surface area contributed by atoms with Gasteiger partial charge in [0.2, 0.25) is 0 Å². The predicted molar refractivity (Wildman–Crippen MR) is 56.0 cm³/mol. The highest BCUT2D eigenvalue weighted by Crippen LogP contribution is 2.17. The molecule has 0 aromatic heterocycles. The molecule has 0 aliphatic carbocycles. The zero-order chi connectivity index (χ0) is 9.90. The van der Waals surface area contributed by atoms with E-state index in [1.54, 1.807) is 0 Å². The molecular formula is C11H23NO. The molecule has 1 rings (SSSR count). The first-order valence-electron chi connectivity index (χ1n) is 5.33. The molecule has 0 radical (unpaired) electrons. The molecule has 1 atom stereocenters. The maximum absolute atomic E-state index is 5.80. The van der Waals surface area contributed by atoms with Crippen LogP contribution in [0, 0.1) is 0 Å². The van der Waals surface area contributed by atoms with Crippen molar-refractivity contribution in [1.82, 2.24) is 4.90 Å². The van der Waals surface area contributed by atoms with Crippen LogP contribution in [-0.2, 0) is 4.74 Å². The van der Waals surface area contributed by atoms with Gasteiger partial charge in [-0.05, 0) is 47.2 Å². The number of likely N-dealkylation sites (tertiary alicyclic amines) is 1. The zero-order valence-corrected chi connectivity index (χ0v) is 9.47. The Labute approximate surface area is 82.3 Å². The van der Waals surface area contributed by atoms with Crippen molar-refractivity contribution in [3.63, 3.8) is 0 Å². The van der Waals surface area contributed by atoms with E-state index in [0.29, 0.717) is 6.04 Å².